The Morgan fingerprint density at radius 2 is 1.17 bits per heavy atom. The molecular formula is C28H44N2. The Morgan fingerprint density at radius 1 is 0.633 bits per heavy atom. The molecule has 0 saturated carbocycles. The molecule has 1 aromatic carbocycles. The van der Waals surface area contributed by atoms with E-state index < -0.39 is 0 Å². The zero-order valence-corrected chi connectivity index (χ0v) is 19.8. The highest BCUT2D eigenvalue weighted by molar-refractivity contribution is 5.55. The molecule has 2 heteroatoms. The van der Waals surface area contributed by atoms with Crippen LogP contribution in [0.2, 0.25) is 0 Å². The predicted octanol–water partition coefficient (Wildman–Crippen LogP) is 8.59. The minimum Gasteiger partial charge on any atom is -0.236 e. The molecule has 0 N–H and O–H groups in total. The molecule has 1 heterocycles. The third-order valence-corrected chi connectivity index (χ3v) is 5.98. The van der Waals surface area contributed by atoms with E-state index in [1.807, 2.05) is 12.4 Å². The van der Waals surface area contributed by atoms with Crippen LogP contribution in [0.25, 0.3) is 11.4 Å². The summed E-state index contributed by atoms with van der Waals surface area (Å²) < 4.78 is 0. The minimum atomic E-state index is 0.830. The van der Waals surface area contributed by atoms with E-state index in [4.69, 9.17) is 0 Å². The van der Waals surface area contributed by atoms with Crippen LogP contribution in [0.15, 0.2) is 36.7 Å². The quantitative estimate of drug-likeness (QED) is 0.260. The Morgan fingerprint density at radius 3 is 1.77 bits per heavy atom. The van der Waals surface area contributed by atoms with Crippen LogP contribution in [0, 0.1) is 5.92 Å². The zero-order valence-electron chi connectivity index (χ0n) is 19.8. The summed E-state index contributed by atoms with van der Waals surface area (Å²) in [5, 5.41) is 0. The third-order valence-electron chi connectivity index (χ3n) is 5.98. The first kappa shape index (κ1) is 24.6. The largest absolute Gasteiger partial charge is 0.236 e. The summed E-state index contributed by atoms with van der Waals surface area (Å²) in [6, 6.07) is 8.85. The Hall–Kier alpha value is -1.70. The van der Waals surface area contributed by atoms with Gasteiger partial charge in [-0.1, -0.05) is 109 Å². The monoisotopic (exact) mass is 408 g/mol. The Balaban J connectivity index is 1.66. The first-order valence-electron chi connectivity index (χ1n) is 12.6. The van der Waals surface area contributed by atoms with Gasteiger partial charge in [0, 0.05) is 18.0 Å². The second-order valence-electron chi connectivity index (χ2n) is 9.33. The highest BCUT2D eigenvalue weighted by atomic mass is 14.9. The van der Waals surface area contributed by atoms with Crippen molar-refractivity contribution in [2.45, 2.75) is 111 Å². The van der Waals surface area contributed by atoms with Crippen LogP contribution in [0.5, 0.6) is 0 Å². The lowest BCUT2D eigenvalue weighted by Gasteiger charge is -2.06. The lowest BCUT2D eigenvalue weighted by molar-refractivity contribution is 0.527. The molecule has 2 nitrogen and oxygen atoms in total. The maximum Gasteiger partial charge on any atom is 0.159 e. The van der Waals surface area contributed by atoms with E-state index in [0.717, 1.165) is 23.7 Å². The molecule has 0 aliphatic heterocycles. The average molecular weight is 409 g/mol. The summed E-state index contributed by atoms with van der Waals surface area (Å²) in [6.07, 6.45) is 22.5. The van der Waals surface area contributed by atoms with E-state index in [2.05, 4.69) is 55.0 Å². The van der Waals surface area contributed by atoms with Gasteiger partial charge in [-0.2, -0.15) is 0 Å². The van der Waals surface area contributed by atoms with Crippen molar-refractivity contribution in [2.24, 2.45) is 5.92 Å². The molecule has 0 bridgehead atoms. The average Bonchev–Trinajstić information content (AvgIpc) is 2.76. The van der Waals surface area contributed by atoms with Gasteiger partial charge in [-0.05, 0) is 42.7 Å². The number of hydrogen-bond donors (Lipinski definition) is 0. The molecule has 1 aromatic heterocycles. The summed E-state index contributed by atoms with van der Waals surface area (Å²) in [5.74, 6) is 1.68. The highest BCUT2D eigenvalue weighted by Gasteiger charge is 2.03. The van der Waals surface area contributed by atoms with Gasteiger partial charge in [0.1, 0.15) is 0 Å². The van der Waals surface area contributed by atoms with Gasteiger partial charge in [0.15, 0.2) is 5.82 Å². The molecule has 0 atom stereocenters. The van der Waals surface area contributed by atoms with E-state index in [-0.39, 0.29) is 0 Å². The second-order valence-corrected chi connectivity index (χ2v) is 9.33. The van der Waals surface area contributed by atoms with Crippen molar-refractivity contribution in [3.63, 3.8) is 0 Å². The Labute approximate surface area is 185 Å². The van der Waals surface area contributed by atoms with Crippen molar-refractivity contribution in [3.05, 3.63) is 47.8 Å². The van der Waals surface area contributed by atoms with Gasteiger partial charge in [0.25, 0.3) is 0 Å². The number of nitrogens with zero attached hydrogens (tertiary/aromatic N) is 2. The fourth-order valence-corrected chi connectivity index (χ4v) is 3.97. The molecule has 0 spiro atoms. The summed E-state index contributed by atoms with van der Waals surface area (Å²) in [7, 11) is 0. The van der Waals surface area contributed by atoms with E-state index >= 15 is 0 Å². The number of unbranched alkanes of at least 4 members (excludes halogenated alkanes) is 9. The first-order valence-corrected chi connectivity index (χ1v) is 12.6. The van der Waals surface area contributed by atoms with Gasteiger partial charge < -0.3 is 0 Å². The predicted molar refractivity (Wildman–Crippen MR) is 131 cm³/mol. The smallest absolute Gasteiger partial charge is 0.159 e. The molecule has 0 saturated heterocycles. The number of rotatable bonds is 16. The number of hydrogen-bond acceptors (Lipinski definition) is 2. The SMILES string of the molecule is CCCCCCCCCCc1cnc(-c2ccc(CCCCCC(C)C)cc2)nc1. The van der Waals surface area contributed by atoms with Crippen molar-refractivity contribution in [1.82, 2.24) is 9.97 Å². The third kappa shape index (κ3) is 10.4. The summed E-state index contributed by atoms with van der Waals surface area (Å²) in [4.78, 5) is 9.24. The van der Waals surface area contributed by atoms with E-state index in [1.165, 1.54) is 94.6 Å². The van der Waals surface area contributed by atoms with E-state index in [1.54, 1.807) is 0 Å². The maximum absolute atomic E-state index is 4.62. The standard InChI is InChI=1S/C28H44N2/c1-4-5-6-7-8-9-10-13-17-26-22-29-28(30-23-26)27-20-18-25(19-21-27)16-14-11-12-15-24(2)3/h18-24H,4-17H2,1-3H3. The van der Waals surface area contributed by atoms with Gasteiger partial charge in [-0.3, -0.25) is 0 Å². The van der Waals surface area contributed by atoms with Crippen molar-refractivity contribution >= 4 is 0 Å². The van der Waals surface area contributed by atoms with Gasteiger partial charge in [-0.15, -0.1) is 0 Å². The highest BCUT2D eigenvalue weighted by Crippen LogP contribution is 2.18. The molecule has 166 valence electrons. The summed E-state index contributed by atoms with van der Waals surface area (Å²) in [5.41, 5.74) is 3.81. The second kappa shape index (κ2) is 15.2. The van der Waals surface area contributed by atoms with Gasteiger partial charge in [-0.25, -0.2) is 9.97 Å². The number of aromatic nitrogens is 2. The van der Waals surface area contributed by atoms with Crippen molar-refractivity contribution in [2.75, 3.05) is 0 Å². The van der Waals surface area contributed by atoms with Crippen LogP contribution < -0.4 is 0 Å². The van der Waals surface area contributed by atoms with E-state index in [9.17, 15) is 0 Å². The molecule has 0 amide bonds. The van der Waals surface area contributed by atoms with Crippen LogP contribution in [0.3, 0.4) is 0 Å². The van der Waals surface area contributed by atoms with Crippen LogP contribution in [-0.2, 0) is 12.8 Å². The van der Waals surface area contributed by atoms with Crippen molar-refractivity contribution < 1.29 is 0 Å². The van der Waals surface area contributed by atoms with Gasteiger partial charge in [0.05, 0.1) is 0 Å². The van der Waals surface area contributed by atoms with Gasteiger partial charge >= 0.3 is 0 Å². The van der Waals surface area contributed by atoms with Gasteiger partial charge in [0.2, 0.25) is 0 Å². The number of benzene rings is 1. The van der Waals surface area contributed by atoms with Crippen molar-refractivity contribution in [1.29, 1.82) is 0 Å². The summed E-state index contributed by atoms with van der Waals surface area (Å²) >= 11 is 0. The lowest BCUT2D eigenvalue weighted by Crippen LogP contribution is -1.94. The molecule has 0 aliphatic rings. The van der Waals surface area contributed by atoms with Crippen LogP contribution in [-0.4, -0.2) is 9.97 Å². The topological polar surface area (TPSA) is 25.8 Å². The van der Waals surface area contributed by atoms with Crippen molar-refractivity contribution in [3.8, 4) is 11.4 Å². The van der Waals surface area contributed by atoms with E-state index in [0.29, 0.717) is 0 Å². The van der Waals surface area contributed by atoms with Crippen LogP contribution >= 0.6 is 0 Å². The molecule has 2 rings (SSSR count). The van der Waals surface area contributed by atoms with Crippen LogP contribution in [0.1, 0.15) is 109 Å². The molecule has 0 unspecified atom stereocenters. The lowest BCUT2D eigenvalue weighted by atomic mass is 10.0. The first-order chi connectivity index (χ1) is 14.7. The fraction of sp³-hybridized carbons (Fsp3) is 0.643. The fourth-order valence-electron chi connectivity index (χ4n) is 3.97. The number of aryl methyl sites for hydroxylation is 2. The molecule has 0 aliphatic carbocycles. The molecule has 30 heavy (non-hydrogen) atoms. The molecule has 0 fully saturated rings. The Kier molecular flexibility index (Phi) is 12.4. The normalized spacial score (nSPS) is 11.3. The minimum absolute atomic E-state index is 0.830. The molecular weight excluding hydrogens is 364 g/mol. The zero-order chi connectivity index (χ0) is 21.4. The molecule has 2 aromatic rings. The molecule has 0 radical (unpaired) electrons. The van der Waals surface area contributed by atoms with Crippen LogP contribution in [0.4, 0.5) is 0 Å². The maximum atomic E-state index is 4.62. The Bertz CT molecular complexity index is 658. The summed E-state index contributed by atoms with van der Waals surface area (Å²) in [6.45, 7) is 6.90.